The Balaban J connectivity index is 1.98. The highest BCUT2D eigenvalue weighted by atomic mass is 16.5. The Morgan fingerprint density at radius 3 is 2.80 bits per heavy atom. The highest BCUT2D eigenvalue weighted by Gasteiger charge is 2.39. The van der Waals surface area contributed by atoms with Crippen LogP contribution in [0.25, 0.3) is 0 Å². The van der Waals surface area contributed by atoms with E-state index in [1.165, 1.54) is 32.8 Å². The lowest BCUT2D eigenvalue weighted by atomic mass is 9.83. The number of carbonyl (C=O) groups is 1. The maximum Gasteiger partial charge on any atom is 0.334 e. The van der Waals surface area contributed by atoms with Gasteiger partial charge in [-0.3, -0.25) is 0 Å². The van der Waals surface area contributed by atoms with Crippen LogP contribution in [0.15, 0.2) is 4.99 Å². The standard InChI is InChI=1S/C11H17NO3/c1-14-11(13)9-10(15-7-12-9)8-5-3-2-4-6-8/h7-10H,2-6H2,1H3/t9-,10+/m0/s1. The largest absolute Gasteiger partial charge is 0.477 e. The molecule has 2 aliphatic rings. The zero-order chi connectivity index (χ0) is 10.7. The van der Waals surface area contributed by atoms with Crippen LogP contribution in [0.1, 0.15) is 32.1 Å². The molecule has 0 saturated heterocycles. The fourth-order valence-corrected chi connectivity index (χ4v) is 2.48. The van der Waals surface area contributed by atoms with Crippen LogP contribution in [0, 0.1) is 5.92 Å². The molecule has 0 bridgehead atoms. The molecule has 1 aliphatic heterocycles. The molecule has 0 aromatic rings. The number of aliphatic imine (C=N–C) groups is 1. The van der Waals surface area contributed by atoms with E-state index in [9.17, 15) is 4.79 Å². The minimum atomic E-state index is -0.432. The fraction of sp³-hybridized carbons (Fsp3) is 0.818. The molecule has 1 saturated carbocycles. The first-order chi connectivity index (χ1) is 7.33. The van der Waals surface area contributed by atoms with Crippen LogP contribution < -0.4 is 0 Å². The Hall–Kier alpha value is -1.06. The topological polar surface area (TPSA) is 47.9 Å². The van der Waals surface area contributed by atoms with Gasteiger partial charge < -0.3 is 9.47 Å². The summed E-state index contributed by atoms with van der Waals surface area (Å²) >= 11 is 0. The first kappa shape index (κ1) is 10.5. The molecular formula is C11H17NO3. The molecule has 84 valence electrons. The van der Waals surface area contributed by atoms with E-state index in [1.54, 1.807) is 0 Å². The van der Waals surface area contributed by atoms with Crippen LogP contribution in [0.3, 0.4) is 0 Å². The molecule has 0 spiro atoms. The molecule has 15 heavy (non-hydrogen) atoms. The molecule has 1 fully saturated rings. The average Bonchev–Trinajstić information content (AvgIpc) is 2.78. The first-order valence-corrected chi connectivity index (χ1v) is 5.58. The van der Waals surface area contributed by atoms with Gasteiger partial charge in [0.05, 0.1) is 7.11 Å². The number of carbonyl (C=O) groups excluding carboxylic acids is 1. The van der Waals surface area contributed by atoms with Crippen molar-refractivity contribution in [2.24, 2.45) is 10.9 Å². The third-order valence-electron chi connectivity index (χ3n) is 3.31. The summed E-state index contributed by atoms with van der Waals surface area (Å²) in [5, 5.41) is 0. The second-order valence-corrected chi connectivity index (χ2v) is 4.22. The molecule has 2 rings (SSSR count). The maximum atomic E-state index is 11.5. The summed E-state index contributed by atoms with van der Waals surface area (Å²) in [6.45, 7) is 0. The van der Waals surface area contributed by atoms with E-state index in [0.717, 1.165) is 12.8 Å². The number of ether oxygens (including phenoxy) is 2. The van der Waals surface area contributed by atoms with Gasteiger partial charge in [0.2, 0.25) is 0 Å². The monoisotopic (exact) mass is 211 g/mol. The van der Waals surface area contributed by atoms with Gasteiger partial charge >= 0.3 is 5.97 Å². The van der Waals surface area contributed by atoms with Gasteiger partial charge in [0.25, 0.3) is 0 Å². The molecule has 0 aromatic heterocycles. The summed E-state index contributed by atoms with van der Waals surface area (Å²) in [6.07, 6.45) is 7.37. The number of hydrogen-bond donors (Lipinski definition) is 0. The van der Waals surface area contributed by atoms with Crippen LogP contribution in [0.5, 0.6) is 0 Å². The molecule has 0 aromatic carbocycles. The summed E-state index contributed by atoms with van der Waals surface area (Å²) in [6, 6.07) is -0.432. The Morgan fingerprint density at radius 2 is 2.13 bits per heavy atom. The third kappa shape index (κ3) is 2.13. The molecule has 0 amide bonds. The maximum absolute atomic E-state index is 11.5. The molecule has 0 radical (unpaired) electrons. The van der Waals surface area contributed by atoms with E-state index < -0.39 is 6.04 Å². The molecule has 2 atom stereocenters. The van der Waals surface area contributed by atoms with Gasteiger partial charge in [0, 0.05) is 0 Å². The van der Waals surface area contributed by atoms with Gasteiger partial charge in [-0.1, -0.05) is 19.3 Å². The Bertz CT molecular complexity index is 259. The average molecular weight is 211 g/mol. The molecule has 0 N–H and O–H groups in total. The van der Waals surface area contributed by atoms with Crippen LogP contribution in [-0.2, 0) is 14.3 Å². The van der Waals surface area contributed by atoms with E-state index in [2.05, 4.69) is 4.99 Å². The zero-order valence-electron chi connectivity index (χ0n) is 9.02. The van der Waals surface area contributed by atoms with Crippen molar-refractivity contribution in [1.82, 2.24) is 0 Å². The van der Waals surface area contributed by atoms with E-state index >= 15 is 0 Å². The Labute approximate surface area is 89.7 Å². The van der Waals surface area contributed by atoms with Crippen molar-refractivity contribution < 1.29 is 14.3 Å². The lowest BCUT2D eigenvalue weighted by molar-refractivity contribution is -0.144. The van der Waals surface area contributed by atoms with Crippen LogP contribution in [0.2, 0.25) is 0 Å². The molecule has 4 heteroatoms. The smallest absolute Gasteiger partial charge is 0.334 e. The zero-order valence-corrected chi connectivity index (χ0v) is 9.02. The van der Waals surface area contributed by atoms with Gasteiger partial charge in [-0.15, -0.1) is 0 Å². The summed E-state index contributed by atoms with van der Waals surface area (Å²) in [4.78, 5) is 15.5. The van der Waals surface area contributed by atoms with Crippen molar-refractivity contribution in [2.45, 2.75) is 44.2 Å². The minimum absolute atomic E-state index is 0.0854. The van der Waals surface area contributed by atoms with Gasteiger partial charge in [0.1, 0.15) is 6.10 Å². The van der Waals surface area contributed by atoms with Gasteiger partial charge in [-0.05, 0) is 18.8 Å². The minimum Gasteiger partial charge on any atom is -0.477 e. The van der Waals surface area contributed by atoms with Crippen LogP contribution in [-0.4, -0.2) is 31.6 Å². The summed E-state index contributed by atoms with van der Waals surface area (Å²) < 4.78 is 10.2. The molecule has 1 heterocycles. The summed E-state index contributed by atoms with van der Waals surface area (Å²) in [7, 11) is 1.40. The predicted molar refractivity (Wildman–Crippen MR) is 55.7 cm³/mol. The number of esters is 1. The van der Waals surface area contributed by atoms with Gasteiger partial charge in [-0.2, -0.15) is 0 Å². The second-order valence-electron chi connectivity index (χ2n) is 4.22. The Morgan fingerprint density at radius 1 is 1.40 bits per heavy atom. The molecular weight excluding hydrogens is 194 g/mol. The van der Waals surface area contributed by atoms with E-state index in [0.29, 0.717) is 5.92 Å². The quantitative estimate of drug-likeness (QED) is 0.651. The lowest BCUT2D eigenvalue weighted by Crippen LogP contribution is -2.37. The number of methoxy groups -OCH3 is 1. The number of hydrogen-bond acceptors (Lipinski definition) is 4. The van der Waals surface area contributed by atoms with Crippen molar-refractivity contribution in [1.29, 1.82) is 0 Å². The SMILES string of the molecule is COC(=O)[C@H]1N=CO[C@@H]1C1CCCCC1. The van der Waals surface area contributed by atoms with Crippen molar-refractivity contribution in [2.75, 3.05) is 7.11 Å². The third-order valence-corrected chi connectivity index (χ3v) is 3.31. The van der Waals surface area contributed by atoms with Crippen molar-refractivity contribution >= 4 is 12.4 Å². The first-order valence-electron chi connectivity index (χ1n) is 5.58. The van der Waals surface area contributed by atoms with E-state index in [4.69, 9.17) is 9.47 Å². The number of rotatable bonds is 2. The van der Waals surface area contributed by atoms with Gasteiger partial charge in [0.15, 0.2) is 12.4 Å². The Kier molecular flexibility index (Phi) is 3.23. The number of nitrogens with zero attached hydrogens (tertiary/aromatic N) is 1. The van der Waals surface area contributed by atoms with Crippen molar-refractivity contribution in [3.63, 3.8) is 0 Å². The van der Waals surface area contributed by atoms with Gasteiger partial charge in [-0.25, -0.2) is 9.79 Å². The highest BCUT2D eigenvalue weighted by molar-refractivity contribution is 5.79. The molecule has 0 unspecified atom stereocenters. The fourth-order valence-electron chi connectivity index (χ4n) is 2.48. The lowest BCUT2D eigenvalue weighted by Gasteiger charge is -2.28. The molecule has 1 aliphatic carbocycles. The normalized spacial score (nSPS) is 31.3. The van der Waals surface area contributed by atoms with E-state index in [1.807, 2.05) is 0 Å². The van der Waals surface area contributed by atoms with Crippen LogP contribution >= 0.6 is 0 Å². The highest BCUT2D eigenvalue weighted by Crippen LogP contribution is 2.31. The summed E-state index contributed by atoms with van der Waals surface area (Å²) in [5.41, 5.74) is 0. The predicted octanol–water partition coefficient (Wildman–Crippen LogP) is 1.54. The van der Waals surface area contributed by atoms with Crippen molar-refractivity contribution in [3.8, 4) is 0 Å². The summed E-state index contributed by atoms with van der Waals surface area (Å²) in [5.74, 6) is 0.185. The molecule has 4 nitrogen and oxygen atoms in total. The van der Waals surface area contributed by atoms with Crippen LogP contribution in [0.4, 0.5) is 0 Å². The van der Waals surface area contributed by atoms with Crippen molar-refractivity contribution in [3.05, 3.63) is 0 Å². The van der Waals surface area contributed by atoms with E-state index in [-0.39, 0.29) is 12.1 Å². The second kappa shape index (κ2) is 4.64.